The number of Topliss-reactive ketones (excluding diaryl/α,β-unsaturated/α-hetero) is 1. The summed E-state index contributed by atoms with van der Waals surface area (Å²) in [7, 11) is 4.61. The predicted molar refractivity (Wildman–Crippen MR) is 126 cm³/mol. The molecule has 0 radical (unpaired) electrons. The summed E-state index contributed by atoms with van der Waals surface area (Å²) in [6.07, 6.45) is 2.85. The number of anilines is 1. The van der Waals surface area contributed by atoms with Crippen molar-refractivity contribution in [3.05, 3.63) is 71.7 Å². The van der Waals surface area contributed by atoms with Crippen molar-refractivity contribution in [2.45, 2.75) is 26.2 Å². The average Bonchev–Trinajstić information content (AvgIpc) is 2.86. The van der Waals surface area contributed by atoms with Crippen LogP contribution in [0.1, 0.15) is 35.7 Å². The van der Waals surface area contributed by atoms with Gasteiger partial charge in [-0.3, -0.25) is 9.59 Å². The lowest BCUT2D eigenvalue weighted by Gasteiger charge is -2.18. The molecule has 33 heavy (non-hydrogen) atoms. The normalized spacial score (nSPS) is 10.6. The fourth-order valence-corrected chi connectivity index (χ4v) is 3.50. The molecule has 0 aliphatic rings. The van der Waals surface area contributed by atoms with E-state index in [1.54, 1.807) is 63.7 Å². The van der Waals surface area contributed by atoms with E-state index in [-0.39, 0.29) is 23.8 Å². The zero-order valence-corrected chi connectivity index (χ0v) is 19.2. The summed E-state index contributed by atoms with van der Waals surface area (Å²) in [5.74, 6) is 0.284. The van der Waals surface area contributed by atoms with Crippen LogP contribution in [0, 0.1) is 5.82 Å². The van der Waals surface area contributed by atoms with Crippen LogP contribution in [0.4, 0.5) is 10.1 Å². The number of pyridine rings is 1. The first-order chi connectivity index (χ1) is 15.9. The molecule has 3 rings (SSSR count). The molecule has 3 aromatic rings. The minimum atomic E-state index is -0.507. The molecule has 1 amide bonds. The largest absolute Gasteiger partial charge is 0.496 e. The number of benzene rings is 2. The number of amides is 1. The summed E-state index contributed by atoms with van der Waals surface area (Å²) in [6.45, 7) is 1.73. The Labute approximate surface area is 193 Å². The number of ketones is 1. The summed E-state index contributed by atoms with van der Waals surface area (Å²) in [5.41, 5.74) is 2.92. The Morgan fingerprint density at radius 1 is 1.03 bits per heavy atom. The molecule has 0 N–H and O–H groups in total. The molecule has 1 aromatic heterocycles. The van der Waals surface area contributed by atoms with Crippen LogP contribution >= 0.6 is 0 Å². The minimum absolute atomic E-state index is 0.0306. The number of rotatable bonds is 9. The van der Waals surface area contributed by atoms with Crippen LogP contribution in [0.5, 0.6) is 11.6 Å². The number of hydrogen-bond acceptors (Lipinski definition) is 5. The van der Waals surface area contributed by atoms with E-state index in [9.17, 15) is 14.0 Å². The van der Waals surface area contributed by atoms with Gasteiger partial charge in [-0.2, -0.15) is 0 Å². The van der Waals surface area contributed by atoms with Crippen LogP contribution in [0.3, 0.4) is 0 Å². The lowest BCUT2D eigenvalue weighted by molar-refractivity contribution is -0.118. The molecule has 0 unspecified atom stereocenters. The van der Waals surface area contributed by atoms with Gasteiger partial charge in [-0.25, -0.2) is 9.37 Å². The molecule has 0 bridgehead atoms. The van der Waals surface area contributed by atoms with Gasteiger partial charge in [0.1, 0.15) is 11.6 Å². The summed E-state index contributed by atoms with van der Waals surface area (Å²) in [4.78, 5) is 30.1. The number of methoxy groups -OCH3 is 2. The Hall–Kier alpha value is -3.74. The van der Waals surface area contributed by atoms with Crippen LogP contribution in [-0.4, -0.2) is 37.9 Å². The van der Waals surface area contributed by atoms with Gasteiger partial charge in [0.05, 0.1) is 19.9 Å². The van der Waals surface area contributed by atoms with E-state index in [1.165, 1.54) is 18.1 Å². The van der Waals surface area contributed by atoms with Crippen LogP contribution < -0.4 is 14.4 Å². The topological polar surface area (TPSA) is 68.7 Å². The Kier molecular flexibility index (Phi) is 7.77. The van der Waals surface area contributed by atoms with E-state index in [0.717, 1.165) is 5.56 Å². The molecule has 172 valence electrons. The Balaban J connectivity index is 1.78. The third-order valence-corrected chi connectivity index (χ3v) is 5.47. The summed E-state index contributed by atoms with van der Waals surface area (Å²) in [6, 6.07) is 13.4. The first kappa shape index (κ1) is 23.9. The predicted octanol–water partition coefficient (Wildman–Crippen LogP) is 5.09. The summed E-state index contributed by atoms with van der Waals surface area (Å²) >= 11 is 0. The molecule has 6 nitrogen and oxygen atoms in total. The van der Waals surface area contributed by atoms with Crippen molar-refractivity contribution in [1.82, 2.24) is 4.98 Å². The highest BCUT2D eigenvalue weighted by Crippen LogP contribution is 2.34. The molecular weight excluding hydrogens is 423 g/mol. The van der Waals surface area contributed by atoms with Crippen molar-refractivity contribution in [3.8, 4) is 22.8 Å². The van der Waals surface area contributed by atoms with Crippen molar-refractivity contribution in [2.75, 3.05) is 26.2 Å². The molecule has 2 aromatic carbocycles. The Morgan fingerprint density at radius 3 is 2.42 bits per heavy atom. The lowest BCUT2D eigenvalue weighted by Crippen LogP contribution is -2.25. The highest BCUT2D eigenvalue weighted by molar-refractivity contribution is 5.97. The van der Waals surface area contributed by atoms with E-state index in [4.69, 9.17) is 9.47 Å². The zero-order valence-electron chi connectivity index (χ0n) is 19.2. The summed E-state index contributed by atoms with van der Waals surface area (Å²) in [5, 5.41) is 0. The highest BCUT2D eigenvalue weighted by atomic mass is 19.1. The van der Waals surface area contributed by atoms with Crippen molar-refractivity contribution >= 4 is 17.4 Å². The zero-order chi connectivity index (χ0) is 24.0. The number of nitrogens with zero attached hydrogens (tertiary/aromatic N) is 2. The first-order valence-electron chi connectivity index (χ1n) is 10.6. The maximum absolute atomic E-state index is 14.7. The van der Waals surface area contributed by atoms with E-state index in [1.807, 2.05) is 6.07 Å². The second-order valence-electron chi connectivity index (χ2n) is 7.52. The fraction of sp³-hybridized carbons (Fsp3) is 0.269. The van der Waals surface area contributed by atoms with Gasteiger partial charge in [0.15, 0.2) is 5.78 Å². The molecule has 0 aliphatic carbocycles. The van der Waals surface area contributed by atoms with Crippen molar-refractivity contribution in [1.29, 1.82) is 0 Å². The maximum atomic E-state index is 14.7. The molecule has 0 spiro atoms. The summed E-state index contributed by atoms with van der Waals surface area (Å²) < 4.78 is 25.3. The molecule has 7 heteroatoms. The smallest absolute Gasteiger partial charge is 0.226 e. The Bertz CT molecular complexity index is 1150. The fourth-order valence-electron chi connectivity index (χ4n) is 3.50. The van der Waals surface area contributed by atoms with E-state index in [0.29, 0.717) is 41.2 Å². The maximum Gasteiger partial charge on any atom is 0.226 e. The van der Waals surface area contributed by atoms with E-state index >= 15 is 0 Å². The van der Waals surface area contributed by atoms with Gasteiger partial charge in [0.2, 0.25) is 11.8 Å². The van der Waals surface area contributed by atoms with Gasteiger partial charge < -0.3 is 14.4 Å². The van der Waals surface area contributed by atoms with Crippen molar-refractivity contribution in [3.63, 3.8) is 0 Å². The number of carbonyl (C=O) groups excluding carboxylic acids is 2. The van der Waals surface area contributed by atoms with Crippen LogP contribution in [0.2, 0.25) is 0 Å². The number of hydrogen-bond donors (Lipinski definition) is 0. The quantitative estimate of drug-likeness (QED) is 0.425. The number of halogens is 1. The van der Waals surface area contributed by atoms with E-state index < -0.39 is 5.82 Å². The van der Waals surface area contributed by atoms with Crippen LogP contribution in [0.25, 0.3) is 11.1 Å². The molecule has 0 saturated carbocycles. The monoisotopic (exact) mass is 450 g/mol. The number of aryl methyl sites for hydroxylation is 1. The van der Waals surface area contributed by atoms with Crippen LogP contribution in [-0.2, 0) is 11.2 Å². The van der Waals surface area contributed by atoms with Gasteiger partial charge in [-0.1, -0.05) is 25.1 Å². The van der Waals surface area contributed by atoms with Gasteiger partial charge in [-0.05, 0) is 41.8 Å². The second kappa shape index (κ2) is 10.7. The van der Waals surface area contributed by atoms with Crippen molar-refractivity contribution < 1.29 is 23.5 Å². The lowest BCUT2D eigenvalue weighted by atomic mass is 9.98. The van der Waals surface area contributed by atoms with Crippen molar-refractivity contribution in [2.24, 2.45) is 0 Å². The third-order valence-electron chi connectivity index (χ3n) is 5.47. The second-order valence-corrected chi connectivity index (χ2v) is 7.52. The van der Waals surface area contributed by atoms with Gasteiger partial charge in [0, 0.05) is 43.3 Å². The third kappa shape index (κ3) is 5.55. The van der Waals surface area contributed by atoms with E-state index in [2.05, 4.69) is 4.98 Å². The highest BCUT2D eigenvalue weighted by Gasteiger charge is 2.17. The number of aromatic nitrogens is 1. The molecule has 0 aliphatic heterocycles. The molecular formula is C26H27FN2O4. The number of ether oxygens (including phenoxy) is 2. The SMILES string of the molecule is CCC(=O)N(C)c1ccc(-c2ccc(C(=O)CCc3ccc(OC)nc3)cc2OC)cc1F. The van der Waals surface area contributed by atoms with Crippen LogP contribution in [0.15, 0.2) is 54.7 Å². The molecule has 0 atom stereocenters. The molecule has 0 fully saturated rings. The Morgan fingerprint density at radius 2 is 1.82 bits per heavy atom. The van der Waals surface area contributed by atoms with Gasteiger partial charge in [-0.15, -0.1) is 0 Å². The standard InChI is InChI=1S/C26H27FN2O4/c1-5-26(31)29(2)22-11-9-18(14-21(22)27)20-10-8-19(15-24(20)32-3)23(30)12-6-17-7-13-25(33-4)28-16-17/h7-11,13-16H,5-6,12H2,1-4H3. The molecule has 1 heterocycles. The van der Waals surface area contributed by atoms with Gasteiger partial charge >= 0.3 is 0 Å². The minimum Gasteiger partial charge on any atom is -0.496 e. The first-order valence-corrected chi connectivity index (χ1v) is 10.6. The van der Waals surface area contributed by atoms with Gasteiger partial charge in [0.25, 0.3) is 0 Å². The molecule has 0 saturated heterocycles. The number of carbonyl (C=O) groups is 2. The average molecular weight is 451 g/mol.